The summed E-state index contributed by atoms with van der Waals surface area (Å²) in [6.45, 7) is 0. The Balaban J connectivity index is 0.000000170. The minimum Gasteiger partial charge on any atom is -0.495 e. The molecular formula is C42H43Cl5N6O4. The van der Waals surface area contributed by atoms with Crippen molar-refractivity contribution < 1.29 is 18.9 Å². The number of rotatable bonds is 8. The maximum atomic E-state index is 6.54. The molecule has 2 aliphatic rings. The normalized spacial score (nSPS) is 14.1. The SMILES string of the molecule is COc1cc(OC)c(Cl)c(-c2ccc3nc(Cl)ncc3c2)c1Cl.COc1cc(OC)c(Cl)c(-c2ccc3nc(NC4CCCC4)ncc3c2)c1Cl.NC1CCCC1. The van der Waals surface area contributed by atoms with E-state index in [1.807, 2.05) is 42.6 Å². The molecule has 300 valence electrons. The predicted molar refractivity (Wildman–Crippen MR) is 234 cm³/mol. The number of anilines is 1. The van der Waals surface area contributed by atoms with Crippen molar-refractivity contribution in [3.8, 4) is 45.3 Å². The standard InChI is InChI=1S/C21H21Cl2N3O2.C16H11Cl3N2O2.C5H11N/c1-27-16-10-17(28-2)20(23)18(19(16)22)12-7-8-15-13(9-12)11-24-21(26-15)25-14-5-3-4-6-14;1-22-11-6-12(23-2)15(18)13(14(11)17)8-3-4-10-9(5-8)7-20-16(19)21-10;6-5-3-1-2-4-5/h7-11,14H,3-6H2,1-2H3,(H,24,25,26);3-7H,1-2H3;5H,1-4,6H2. The Morgan fingerprint density at radius 2 is 0.982 bits per heavy atom. The highest BCUT2D eigenvalue weighted by atomic mass is 35.5. The second-order valence-corrected chi connectivity index (χ2v) is 15.5. The van der Waals surface area contributed by atoms with E-state index in [1.165, 1.54) is 65.6 Å². The van der Waals surface area contributed by atoms with Crippen molar-refractivity contribution in [2.75, 3.05) is 33.8 Å². The first-order valence-electron chi connectivity index (χ1n) is 18.5. The summed E-state index contributed by atoms with van der Waals surface area (Å²) in [4.78, 5) is 17.3. The highest BCUT2D eigenvalue weighted by molar-refractivity contribution is 6.42. The van der Waals surface area contributed by atoms with E-state index in [0.29, 0.717) is 72.2 Å². The van der Waals surface area contributed by atoms with Crippen LogP contribution in [0.1, 0.15) is 51.4 Å². The number of hydrogen-bond acceptors (Lipinski definition) is 10. The zero-order chi connectivity index (χ0) is 40.6. The minimum atomic E-state index is 0.198. The highest BCUT2D eigenvalue weighted by Crippen LogP contribution is 2.47. The van der Waals surface area contributed by atoms with Crippen LogP contribution < -0.4 is 30.0 Å². The third-order valence-electron chi connectivity index (χ3n) is 9.94. The van der Waals surface area contributed by atoms with Crippen molar-refractivity contribution in [3.05, 3.63) is 86.3 Å². The van der Waals surface area contributed by atoms with Crippen LogP contribution in [-0.4, -0.2) is 60.5 Å². The summed E-state index contributed by atoms with van der Waals surface area (Å²) in [5, 5.41) is 7.05. The average Bonchev–Trinajstić information content (AvgIpc) is 3.93. The third-order valence-corrected chi connectivity index (χ3v) is 11.6. The Labute approximate surface area is 357 Å². The molecule has 0 atom stereocenters. The number of nitrogens with zero attached hydrogens (tertiary/aromatic N) is 4. The Morgan fingerprint density at radius 1 is 0.561 bits per heavy atom. The summed E-state index contributed by atoms with van der Waals surface area (Å²) in [6.07, 6.45) is 13.6. The number of nitrogens with two attached hydrogens (primary N) is 1. The Morgan fingerprint density at radius 3 is 1.40 bits per heavy atom. The van der Waals surface area contributed by atoms with Crippen LogP contribution in [0.25, 0.3) is 44.1 Å². The maximum Gasteiger partial charge on any atom is 0.223 e. The van der Waals surface area contributed by atoms with Crippen molar-refractivity contribution in [2.24, 2.45) is 5.73 Å². The van der Waals surface area contributed by atoms with Crippen LogP contribution in [0.15, 0.2) is 60.9 Å². The molecule has 0 bridgehead atoms. The number of aromatic nitrogens is 4. The summed E-state index contributed by atoms with van der Waals surface area (Å²) in [7, 11) is 6.19. The van der Waals surface area contributed by atoms with Gasteiger partial charge in [-0.1, -0.05) is 84.2 Å². The first-order chi connectivity index (χ1) is 27.5. The summed E-state index contributed by atoms with van der Waals surface area (Å²) in [6, 6.07) is 15.8. The lowest BCUT2D eigenvalue weighted by Crippen LogP contribution is -2.16. The molecule has 0 radical (unpaired) electrons. The van der Waals surface area contributed by atoms with E-state index < -0.39 is 0 Å². The second-order valence-electron chi connectivity index (χ2n) is 13.6. The van der Waals surface area contributed by atoms with E-state index in [0.717, 1.165) is 32.9 Å². The molecule has 2 heterocycles. The van der Waals surface area contributed by atoms with Crippen molar-refractivity contribution in [1.29, 1.82) is 0 Å². The first-order valence-corrected chi connectivity index (χ1v) is 20.4. The molecule has 0 amide bonds. The molecule has 3 N–H and O–H groups in total. The largest absolute Gasteiger partial charge is 0.495 e. The average molecular weight is 873 g/mol. The topological polar surface area (TPSA) is 127 Å². The molecule has 10 nitrogen and oxygen atoms in total. The van der Waals surface area contributed by atoms with Gasteiger partial charge in [-0.05, 0) is 72.7 Å². The van der Waals surface area contributed by atoms with Gasteiger partial charge >= 0.3 is 0 Å². The third kappa shape index (κ3) is 9.99. The molecule has 2 fully saturated rings. The Bertz CT molecular complexity index is 2300. The van der Waals surface area contributed by atoms with E-state index in [2.05, 4.69) is 25.3 Å². The van der Waals surface area contributed by atoms with Crippen molar-refractivity contribution in [2.45, 2.75) is 63.5 Å². The number of ether oxygens (including phenoxy) is 4. The molecule has 2 aliphatic carbocycles. The Hall–Kier alpha value is -4.03. The van der Waals surface area contributed by atoms with E-state index in [1.54, 1.807) is 32.5 Å². The first kappa shape index (κ1) is 42.6. The van der Waals surface area contributed by atoms with Crippen molar-refractivity contribution in [1.82, 2.24) is 19.9 Å². The lowest BCUT2D eigenvalue weighted by molar-refractivity contribution is 0.395. The lowest BCUT2D eigenvalue weighted by atomic mass is 10.0. The highest BCUT2D eigenvalue weighted by Gasteiger charge is 2.21. The summed E-state index contributed by atoms with van der Waals surface area (Å²) in [5.41, 5.74) is 10.1. The van der Waals surface area contributed by atoms with Gasteiger partial charge < -0.3 is 30.0 Å². The number of benzene rings is 4. The summed E-state index contributed by atoms with van der Waals surface area (Å²) >= 11 is 31.8. The van der Waals surface area contributed by atoms with Gasteiger partial charge in [0.1, 0.15) is 23.0 Å². The van der Waals surface area contributed by atoms with Gasteiger partial charge in [-0.25, -0.2) is 19.9 Å². The zero-order valence-electron chi connectivity index (χ0n) is 32.0. The molecule has 0 aliphatic heterocycles. The number of hydrogen-bond donors (Lipinski definition) is 2. The van der Waals surface area contributed by atoms with Gasteiger partial charge in [0, 0.05) is 58.5 Å². The van der Waals surface area contributed by atoms with Gasteiger partial charge in [0.05, 0.1) is 59.6 Å². The smallest absolute Gasteiger partial charge is 0.223 e. The van der Waals surface area contributed by atoms with Gasteiger partial charge in [-0.2, -0.15) is 0 Å². The molecule has 57 heavy (non-hydrogen) atoms. The fraction of sp³-hybridized carbons (Fsp3) is 0.333. The molecular weight excluding hydrogens is 830 g/mol. The molecule has 0 unspecified atom stereocenters. The van der Waals surface area contributed by atoms with Gasteiger partial charge in [-0.3, -0.25) is 0 Å². The molecule has 0 saturated heterocycles. The molecule has 4 aromatic carbocycles. The van der Waals surface area contributed by atoms with E-state index >= 15 is 0 Å². The van der Waals surface area contributed by atoms with Gasteiger partial charge in [-0.15, -0.1) is 0 Å². The molecule has 15 heteroatoms. The van der Waals surface area contributed by atoms with Crippen LogP contribution >= 0.6 is 58.0 Å². The summed E-state index contributed by atoms with van der Waals surface area (Å²) < 4.78 is 21.3. The maximum absolute atomic E-state index is 6.54. The van der Waals surface area contributed by atoms with Gasteiger partial charge in [0.15, 0.2) is 0 Å². The number of methoxy groups -OCH3 is 4. The van der Waals surface area contributed by atoms with Crippen LogP contribution in [0, 0.1) is 0 Å². The Kier molecular flexibility index (Phi) is 14.6. The molecule has 0 spiro atoms. The zero-order valence-corrected chi connectivity index (χ0v) is 35.8. The van der Waals surface area contributed by atoms with Crippen LogP contribution in [0.2, 0.25) is 25.4 Å². The number of fused-ring (bicyclic) bond motifs is 2. The lowest BCUT2D eigenvalue weighted by Gasteiger charge is -2.15. The van der Waals surface area contributed by atoms with Crippen LogP contribution in [0.5, 0.6) is 23.0 Å². The van der Waals surface area contributed by atoms with Crippen LogP contribution in [0.4, 0.5) is 5.95 Å². The molecule has 8 rings (SSSR count). The van der Waals surface area contributed by atoms with Gasteiger partial charge in [0.25, 0.3) is 0 Å². The van der Waals surface area contributed by atoms with Gasteiger partial charge in [0.2, 0.25) is 11.2 Å². The molecule has 2 aromatic heterocycles. The predicted octanol–water partition coefficient (Wildman–Crippen LogP) is 12.1. The van der Waals surface area contributed by atoms with E-state index in [-0.39, 0.29) is 5.28 Å². The monoisotopic (exact) mass is 870 g/mol. The number of nitrogens with one attached hydrogen (secondary N) is 1. The second kappa shape index (κ2) is 19.6. The van der Waals surface area contributed by atoms with E-state index in [9.17, 15) is 0 Å². The minimum absolute atomic E-state index is 0.198. The quantitative estimate of drug-likeness (QED) is 0.143. The number of halogens is 5. The van der Waals surface area contributed by atoms with Crippen LogP contribution in [-0.2, 0) is 0 Å². The van der Waals surface area contributed by atoms with Crippen molar-refractivity contribution >= 4 is 85.8 Å². The summed E-state index contributed by atoms with van der Waals surface area (Å²) in [5.74, 6) is 2.65. The van der Waals surface area contributed by atoms with E-state index in [4.69, 9.17) is 82.7 Å². The van der Waals surface area contributed by atoms with Crippen LogP contribution in [0.3, 0.4) is 0 Å². The fourth-order valence-corrected chi connectivity index (χ4v) is 8.49. The molecule has 6 aromatic rings. The molecule has 2 saturated carbocycles. The fourth-order valence-electron chi connectivity index (χ4n) is 6.91. The van der Waals surface area contributed by atoms with Crippen molar-refractivity contribution in [3.63, 3.8) is 0 Å².